The van der Waals surface area contributed by atoms with Crippen LogP contribution in [0.3, 0.4) is 0 Å². The molecule has 0 heterocycles. The summed E-state index contributed by atoms with van der Waals surface area (Å²) in [6.07, 6.45) is 8.51. The van der Waals surface area contributed by atoms with E-state index < -0.39 is 0 Å². The number of hydrogen-bond donors (Lipinski definition) is 0. The van der Waals surface area contributed by atoms with E-state index in [1.165, 1.54) is 37.0 Å². The molecule has 0 aromatic carbocycles. The third-order valence-electron chi connectivity index (χ3n) is 3.28. The van der Waals surface area contributed by atoms with Crippen LogP contribution in [0.5, 0.6) is 0 Å². The van der Waals surface area contributed by atoms with Crippen molar-refractivity contribution in [3.05, 3.63) is 0 Å². The van der Waals surface area contributed by atoms with Gasteiger partial charge >= 0.3 is 59.5 Å². The van der Waals surface area contributed by atoms with Gasteiger partial charge in [0.2, 0.25) is 0 Å². The Morgan fingerprint density at radius 2 is 1.00 bits per heavy atom. The van der Waals surface area contributed by atoms with Gasteiger partial charge in [0.25, 0.3) is 0 Å². The first-order valence-corrected chi connectivity index (χ1v) is 14.0. The fraction of sp³-hybridized carbons (Fsp3) is 0.941. The molecule has 0 unspecified atom stereocenters. The normalized spacial score (nSPS) is 10.9. The molecule has 0 aliphatic rings. The number of hydrogen-bond acceptors (Lipinski definition) is 1. The Bertz CT molecular complexity index is 214. The van der Waals surface area contributed by atoms with Crippen molar-refractivity contribution in [2.75, 3.05) is 37.0 Å². The molecular weight excluding hydrogens is 376 g/mol. The summed E-state index contributed by atoms with van der Waals surface area (Å²) in [6, 6.07) is 0. The van der Waals surface area contributed by atoms with Crippen molar-refractivity contribution in [3.63, 3.8) is 0 Å². The Hall–Kier alpha value is 1.31. The zero-order valence-electron chi connectivity index (χ0n) is 16.2. The predicted octanol–water partition coefficient (Wildman–Crippen LogP) is 6.85. The van der Waals surface area contributed by atoms with Crippen LogP contribution in [-0.2, 0) is 18.3 Å². The van der Waals surface area contributed by atoms with Crippen LogP contribution in [0.25, 0.3) is 0 Å². The SMILES string of the molecule is CC(C)(C)[C](=O)[Ni][Cl].CCP(CC)CC.CCP(CC)CC. The average Bonchev–Trinajstić information content (AvgIpc) is 2.50. The minimum absolute atomic E-state index is 0.0340. The summed E-state index contributed by atoms with van der Waals surface area (Å²) in [7, 11) is 6.12. The van der Waals surface area contributed by atoms with Gasteiger partial charge in [0, 0.05) is 0 Å². The topological polar surface area (TPSA) is 17.1 Å². The van der Waals surface area contributed by atoms with E-state index in [1.807, 2.05) is 20.8 Å². The molecule has 0 aliphatic carbocycles. The zero-order chi connectivity index (χ0) is 18.2. The molecular formula is C17H39ClNiOP2. The minimum atomic E-state index is -0.290. The molecule has 0 spiro atoms. The quantitative estimate of drug-likeness (QED) is 0.328. The number of halogens is 1. The molecule has 0 amide bonds. The average molecular weight is 416 g/mol. The van der Waals surface area contributed by atoms with E-state index >= 15 is 0 Å². The van der Waals surface area contributed by atoms with Gasteiger partial charge in [-0.2, -0.15) is 0 Å². The molecule has 0 saturated carbocycles. The molecule has 0 aliphatic heterocycles. The Kier molecular flexibility index (Phi) is 23.8. The molecule has 5 heteroatoms. The minimum Gasteiger partial charge on any atom is -0.108 e. The fourth-order valence-corrected chi connectivity index (χ4v) is 5.13. The molecule has 0 radical (unpaired) electrons. The second-order valence-corrected chi connectivity index (χ2v) is 13.4. The standard InChI is InChI=1S/2C6H15P.C5H9O.ClH.Ni/c2*1-4-7(5-2)6-3;1-5(2,3)4-6;;/h2*4-6H2,1-3H3;1-3H3;1H;/q;;;;+1/p-1. The van der Waals surface area contributed by atoms with Gasteiger partial charge in [-0.05, 0) is 37.0 Å². The Morgan fingerprint density at radius 3 is 1.00 bits per heavy atom. The molecule has 0 aromatic heterocycles. The van der Waals surface area contributed by atoms with E-state index in [4.69, 9.17) is 10.2 Å². The van der Waals surface area contributed by atoms with Crippen LogP contribution < -0.4 is 0 Å². The van der Waals surface area contributed by atoms with Gasteiger partial charge in [0.1, 0.15) is 0 Å². The smallest absolute Gasteiger partial charge is 0.0355 e. The van der Waals surface area contributed by atoms with Gasteiger partial charge in [-0.15, -0.1) is 15.8 Å². The summed E-state index contributed by atoms with van der Waals surface area (Å²) in [4.78, 5) is 10.7. The number of rotatable bonds is 7. The van der Waals surface area contributed by atoms with Crippen LogP contribution >= 0.6 is 26.0 Å². The van der Waals surface area contributed by atoms with Crippen LogP contribution in [0.2, 0.25) is 0 Å². The zero-order valence-corrected chi connectivity index (χ0v) is 19.8. The van der Waals surface area contributed by atoms with Crippen molar-refractivity contribution >= 4 is 30.8 Å². The third kappa shape index (κ3) is 19.4. The maximum Gasteiger partial charge on any atom is -0.0355 e. The van der Waals surface area contributed by atoms with Crippen molar-refractivity contribution in [1.29, 1.82) is 0 Å². The molecule has 0 fully saturated rings. The van der Waals surface area contributed by atoms with Crippen LogP contribution in [0.15, 0.2) is 0 Å². The predicted molar refractivity (Wildman–Crippen MR) is 107 cm³/mol. The molecule has 1 nitrogen and oxygen atoms in total. The molecule has 0 N–H and O–H groups in total. The molecule has 0 rings (SSSR count). The largest absolute Gasteiger partial charge is 0.108 e. The first-order valence-electron chi connectivity index (χ1n) is 8.37. The van der Waals surface area contributed by atoms with Crippen molar-refractivity contribution in [2.24, 2.45) is 5.41 Å². The summed E-state index contributed by atoms with van der Waals surface area (Å²) < 4.78 is 0.0340. The van der Waals surface area contributed by atoms with E-state index in [9.17, 15) is 4.79 Å². The van der Waals surface area contributed by atoms with Crippen molar-refractivity contribution in [2.45, 2.75) is 62.3 Å². The summed E-state index contributed by atoms with van der Waals surface area (Å²) in [6.45, 7) is 19.3. The Labute approximate surface area is 153 Å². The van der Waals surface area contributed by atoms with Crippen molar-refractivity contribution in [1.82, 2.24) is 0 Å². The number of carbonyl (C=O) groups excluding carboxylic acids is 1. The second-order valence-electron chi connectivity index (χ2n) is 5.79. The Balaban J connectivity index is -0.000000247. The summed E-state index contributed by atoms with van der Waals surface area (Å²) in [5, 5.41) is 0. The van der Waals surface area contributed by atoms with Gasteiger partial charge in [-0.1, -0.05) is 41.5 Å². The van der Waals surface area contributed by atoms with E-state index in [0.29, 0.717) is 29.4 Å². The second kappa shape index (κ2) is 18.6. The van der Waals surface area contributed by atoms with Gasteiger partial charge in [0.05, 0.1) is 0 Å². The van der Waals surface area contributed by atoms with E-state index in [1.54, 1.807) is 0 Å². The summed E-state index contributed by atoms with van der Waals surface area (Å²) in [5.74, 6) is 0. The molecule has 22 heavy (non-hydrogen) atoms. The van der Waals surface area contributed by atoms with E-state index in [2.05, 4.69) is 41.5 Å². The van der Waals surface area contributed by atoms with E-state index in [0.717, 1.165) is 0 Å². The summed E-state index contributed by atoms with van der Waals surface area (Å²) >= 11 is 0.606. The fourth-order valence-electron chi connectivity index (χ4n) is 1.43. The Morgan fingerprint density at radius 1 is 0.773 bits per heavy atom. The maximum atomic E-state index is 10.7. The summed E-state index contributed by atoms with van der Waals surface area (Å²) in [5.41, 5.74) is -0.290. The maximum absolute atomic E-state index is 10.7. The van der Waals surface area contributed by atoms with Crippen LogP contribution in [0.4, 0.5) is 0 Å². The first-order chi connectivity index (χ1) is 10.2. The molecule has 0 bridgehead atoms. The van der Waals surface area contributed by atoms with Crippen molar-refractivity contribution < 1.29 is 18.3 Å². The molecule has 0 aromatic rings. The van der Waals surface area contributed by atoms with Gasteiger partial charge in [-0.3, -0.25) is 0 Å². The van der Waals surface area contributed by atoms with Crippen molar-refractivity contribution in [3.8, 4) is 0 Å². The number of carbonyl (C=O) groups is 1. The van der Waals surface area contributed by atoms with E-state index in [-0.39, 0.29) is 10.2 Å². The van der Waals surface area contributed by atoms with Crippen LogP contribution in [-0.4, -0.2) is 41.7 Å². The molecule has 0 atom stereocenters. The first kappa shape index (κ1) is 28.1. The van der Waals surface area contributed by atoms with Crippen LogP contribution in [0.1, 0.15) is 62.3 Å². The molecule has 0 saturated heterocycles. The van der Waals surface area contributed by atoms with Crippen LogP contribution in [0, 0.1) is 5.41 Å². The molecule has 140 valence electrons. The van der Waals surface area contributed by atoms with Gasteiger partial charge in [-0.25, -0.2) is 0 Å². The third-order valence-corrected chi connectivity index (χ3v) is 10.0. The van der Waals surface area contributed by atoms with Gasteiger partial charge in [0.15, 0.2) is 0 Å². The van der Waals surface area contributed by atoms with Gasteiger partial charge < -0.3 is 0 Å². The monoisotopic (exact) mass is 414 g/mol.